The van der Waals surface area contributed by atoms with Crippen LogP contribution in [-0.4, -0.2) is 39.1 Å². The Balaban J connectivity index is 2.47. The maximum atomic E-state index is 4.36. The molecule has 1 aromatic heterocycles. The zero-order chi connectivity index (χ0) is 13.2. The van der Waals surface area contributed by atoms with Gasteiger partial charge in [0.2, 0.25) is 0 Å². The summed E-state index contributed by atoms with van der Waals surface area (Å²) in [6.45, 7) is 12.3. The molecular formula is C14H23N4+. The minimum atomic E-state index is 0.317. The van der Waals surface area contributed by atoms with E-state index in [9.17, 15) is 0 Å². The van der Waals surface area contributed by atoms with Crippen molar-refractivity contribution < 1.29 is 4.48 Å². The Labute approximate surface area is 109 Å². The number of para-hydroxylation sites is 1. The number of nitrogens with zero attached hydrogens (tertiary/aromatic N) is 4. The van der Waals surface area contributed by atoms with Gasteiger partial charge in [0.15, 0.2) is 6.17 Å². The molecule has 2 rings (SSSR count). The van der Waals surface area contributed by atoms with Crippen LogP contribution in [0.4, 0.5) is 0 Å². The maximum Gasteiger partial charge on any atom is 0.183 e. The Bertz CT molecular complexity index is 505. The minimum Gasteiger partial charge on any atom is -0.303 e. The Hall–Kier alpha value is -1.42. The first-order valence-corrected chi connectivity index (χ1v) is 6.84. The van der Waals surface area contributed by atoms with E-state index in [4.69, 9.17) is 0 Å². The molecule has 1 atom stereocenters. The van der Waals surface area contributed by atoms with Crippen molar-refractivity contribution in [2.24, 2.45) is 0 Å². The summed E-state index contributed by atoms with van der Waals surface area (Å²) in [4.78, 5) is 0. The number of quaternary nitrogens is 1. The summed E-state index contributed by atoms with van der Waals surface area (Å²) in [5, 5.41) is 8.62. The van der Waals surface area contributed by atoms with Crippen LogP contribution in [0.15, 0.2) is 24.3 Å². The van der Waals surface area contributed by atoms with Crippen LogP contribution in [-0.2, 0) is 0 Å². The predicted molar refractivity (Wildman–Crippen MR) is 74.1 cm³/mol. The van der Waals surface area contributed by atoms with Crippen LogP contribution < -0.4 is 0 Å². The van der Waals surface area contributed by atoms with Crippen LogP contribution >= 0.6 is 0 Å². The molecule has 0 spiro atoms. The van der Waals surface area contributed by atoms with Crippen molar-refractivity contribution >= 4 is 11.0 Å². The van der Waals surface area contributed by atoms with Crippen molar-refractivity contribution in [3.05, 3.63) is 24.3 Å². The van der Waals surface area contributed by atoms with Crippen molar-refractivity contribution in [3.8, 4) is 0 Å². The number of hydrogen-bond donors (Lipinski definition) is 0. The highest BCUT2D eigenvalue weighted by atomic mass is 15.5. The molecule has 1 unspecified atom stereocenters. The number of fused-ring (bicyclic) bond motifs is 1. The molecule has 1 aromatic carbocycles. The van der Waals surface area contributed by atoms with Gasteiger partial charge in [0.25, 0.3) is 0 Å². The van der Waals surface area contributed by atoms with Gasteiger partial charge >= 0.3 is 0 Å². The molecule has 4 nitrogen and oxygen atoms in total. The molecule has 0 aliphatic carbocycles. The lowest BCUT2D eigenvalue weighted by atomic mass is 10.2. The number of aromatic nitrogens is 3. The van der Waals surface area contributed by atoms with Crippen molar-refractivity contribution in [2.75, 3.05) is 19.6 Å². The SMILES string of the molecule is CC[N+](CC)(CC)C(C)n1nnc2ccccc21. The van der Waals surface area contributed by atoms with Gasteiger partial charge in [-0.05, 0) is 32.9 Å². The normalized spacial score (nSPS) is 14.0. The molecule has 0 aliphatic heterocycles. The molecular weight excluding hydrogens is 224 g/mol. The smallest absolute Gasteiger partial charge is 0.183 e. The summed E-state index contributed by atoms with van der Waals surface area (Å²) in [5.74, 6) is 0. The molecule has 0 aliphatic rings. The third-order valence-electron chi connectivity index (χ3n) is 4.41. The van der Waals surface area contributed by atoms with E-state index in [-0.39, 0.29) is 0 Å². The molecule has 1 heterocycles. The predicted octanol–water partition coefficient (Wildman–Crippen LogP) is 2.83. The fourth-order valence-electron chi connectivity index (χ4n) is 2.86. The summed E-state index contributed by atoms with van der Waals surface area (Å²) in [6, 6.07) is 8.17. The van der Waals surface area contributed by atoms with Crippen LogP contribution in [0.25, 0.3) is 11.0 Å². The summed E-state index contributed by atoms with van der Waals surface area (Å²) in [7, 11) is 0. The lowest BCUT2D eigenvalue weighted by molar-refractivity contribution is -0.960. The molecule has 0 saturated heterocycles. The van der Waals surface area contributed by atoms with Crippen LogP contribution in [0, 0.1) is 0 Å². The number of rotatable bonds is 5. The molecule has 0 radical (unpaired) electrons. The van der Waals surface area contributed by atoms with Gasteiger partial charge in [-0.15, -0.1) is 5.10 Å². The lowest BCUT2D eigenvalue weighted by Crippen LogP contribution is -2.51. The first-order chi connectivity index (χ1) is 8.68. The van der Waals surface area contributed by atoms with E-state index < -0.39 is 0 Å². The van der Waals surface area contributed by atoms with Crippen LogP contribution in [0.3, 0.4) is 0 Å². The highest BCUT2D eigenvalue weighted by molar-refractivity contribution is 5.73. The molecule has 0 bridgehead atoms. The largest absolute Gasteiger partial charge is 0.303 e. The second-order valence-corrected chi connectivity index (χ2v) is 4.82. The quantitative estimate of drug-likeness (QED) is 0.761. The van der Waals surface area contributed by atoms with E-state index in [0.29, 0.717) is 6.17 Å². The standard InChI is InChI=1S/C14H23N4/c1-5-18(6-2,7-3)12(4)17-14-11-9-8-10-13(14)15-16-17/h8-12H,5-7H2,1-4H3/q+1. The summed E-state index contributed by atoms with van der Waals surface area (Å²) < 4.78 is 3.11. The van der Waals surface area contributed by atoms with E-state index in [1.807, 2.05) is 18.2 Å². The lowest BCUT2D eigenvalue weighted by Gasteiger charge is -2.41. The Morgan fingerprint density at radius 2 is 1.72 bits per heavy atom. The van der Waals surface area contributed by atoms with Gasteiger partial charge in [-0.1, -0.05) is 17.3 Å². The first kappa shape index (κ1) is 13.0. The second-order valence-electron chi connectivity index (χ2n) is 4.82. The summed E-state index contributed by atoms with van der Waals surface area (Å²) in [6.07, 6.45) is 0.317. The van der Waals surface area contributed by atoms with Gasteiger partial charge in [-0.3, -0.25) is 0 Å². The molecule has 4 heteroatoms. The van der Waals surface area contributed by atoms with E-state index in [1.54, 1.807) is 0 Å². The van der Waals surface area contributed by atoms with E-state index in [2.05, 4.69) is 48.8 Å². The molecule has 98 valence electrons. The molecule has 0 amide bonds. The van der Waals surface area contributed by atoms with Gasteiger partial charge in [-0.2, -0.15) is 4.68 Å². The van der Waals surface area contributed by atoms with Crippen LogP contribution in [0.2, 0.25) is 0 Å². The van der Waals surface area contributed by atoms with Gasteiger partial charge in [0.1, 0.15) is 5.52 Å². The number of hydrogen-bond acceptors (Lipinski definition) is 2. The molecule has 2 aromatic rings. The van der Waals surface area contributed by atoms with Crippen molar-refractivity contribution in [2.45, 2.75) is 33.9 Å². The summed E-state index contributed by atoms with van der Waals surface area (Å²) >= 11 is 0. The number of benzene rings is 1. The Kier molecular flexibility index (Phi) is 3.66. The minimum absolute atomic E-state index is 0.317. The fourth-order valence-corrected chi connectivity index (χ4v) is 2.86. The molecule has 0 saturated carbocycles. The highest BCUT2D eigenvalue weighted by Gasteiger charge is 2.31. The third-order valence-corrected chi connectivity index (χ3v) is 4.41. The Morgan fingerprint density at radius 3 is 2.33 bits per heavy atom. The maximum absolute atomic E-state index is 4.36. The fraction of sp³-hybridized carbons (Fsp3) is 0.571. The van der Waals surface area contributed by atoms with Gasteiger partial charge in [0.05, 0.1) is 25.2 Å². The van der Waals surface area contributed by atoms with Crippen molar-refractivity contribution in [1.82, 2.24) is 15.0 Å². The first-order valence-electron chi connectivity index (χ1n) is 6.84. The van der Waals surface area contributed by atoms with Gasteiger partial charge < -0.3 is 4.48 Å². The Morgan fingerprint density at radius 1 is 1.11 bits per heavy atom. The van der Waals surface area contributed by atoms with E-state index in [1.165, 1.54) is 0 Å². The topological polar surface area (TPSA) is 30.7 Å². The van der Waals surface area contributed by atoms with Gasteiger partial charge in [-0.25, -0.2) is 0 Å². The van der Waals surface area contributed by atoms with E-state index >= 15 is 0 Å². The third kappa shape index (κ3) is 1.90. The molecule has 0 N–H and O–H groups in total. The highest BCUT2D eigenvalue weighted by Crippen LogP contribution is 2.25. The zero-order valence-corrected chi connectivity index (χ0v) is 11.8. The van der Waals surface area contributed by atoms with Crippen molar-refractivity contribution in [1.29, 1.82) is 0 Å². The van der Waals surface area contributed by atoms with Crippen LogP contribution in [0.1, 0.15) is 33.9 Å². The molecule has 18 heavy (non-hydrogen) atoms. The average molecular weight is 247 g/mol. The zero-order valence-electron chi connectivity index (χ0n) is 11.8. The molecule has 0 fully saturated rings. The van der Waals surface area contributed by atoms with E-state index in [0.717, 1.165) is 35.2 Å². The summed E-state index contributed by atoms with van der Waals surface area (Å²) in [5.41, 5.74) is 2.11. The van der Waals surface area contributed by atoms with Gasteiger partial charge in [0, 0.05) is 6.92 Å². The average Bonchev–Trinajstić information content (AvgIpc) is 2.85. The monoisotopic (exact) mass is 247 g/mol. The second kappa shape index (κ2) is 5.06. The van der Waals surface area contributed by atoms with Crippen molar-refractivity contribution in [3.63, 3.8) is 0 Å². The van der Waals surface area contributed by atoms with Crippen LogP contribution in [0.5, 0.6) is 0 Å².